The Morgan fingerprint density at radius 1 is 1.75 bits per heavy atom. The summed E-state index contributed by atoms with van der Waals surface area (Å²) in [4.78, 5) is 0. The first-order valence-electron chi connectivity index (χ1n) is 2.67. The Balaban J connectivity index is 3.06. The molecule has 0 spiro atoms. The number of rotatable bonds is 4. The van der Waals surface area contributed by atoms with Gasteiger partial charge in [-0.15, -0.1) is 0 Å². The minimum absolute atomic E-state index is 0.456. The first-order valence-corrected chi connectivity index (χ1v) is 4.19. The molecule has 0 fully saturated rings. The summed E-state index contributed by atoms with van der Waals surface area (Å²) in [5.74, 6) is 0. The van der Waals surface area contributed by atoms with E-state index in [0.29, 0.717) is 19.3 Å². The van der Waals surface area contributed by atoms with Crippen molar-refractivity contribution in [3.05, 3.63) is 0 Å². The number of hydrogen-bond acceptors (Lipinski definition) is 3. The van der Waals surface area contributed by atoms with Crippen LogP contribution in [-0.2, 0) is 9.09 Å². The van der Waals surface area contributed by atoms with Crippen LogP contribution in [0.5, 0.6) is 0 Å². The normalized spacial score (nSPS) is 13.8. The number of nitrogens with two attached hydrogens (primary N) is 1. The van der Waals surface area contributed by atoms with E-state index in [1.807, 2.05) is 6.92 Å². The summed E-state index contributed by atoms with van der Waals surface area (Å²) in [5.41, 5.74) is 5.11. The van der Waals surface area contributed by atoms with Crippen LogP contribution in [0.4, 0.5) is 0 Å². The van der Waals surface area contributed by atoms with Crippen molar-refractivity contribution in [1.29, 1.82) is 0 Å². The van der Waals surface area contributed by atoms with Crippen molar-refractivity contribution >= 4 is 8.03 Å². The molecule has 0 saturated heterocycles. The van der Waals surface area contributed by atoms with E-state index in [0.717, 1.165) is 0 Å². The summed E-state index contributed by atoms with van der Waals surface area (Å²) in [5, 5.41) is 0. The highest BCUT2D eigenvalue weighted by molar-refractivity contribution is 7.39. The Kier molecular flexibility index (Phi) is 5.39. The van der Waals surface area contributed by atoms with Crippen LogP contribution in [-0.4, -0.2) is 19.3 Å². The fourth-order valence-electron chi connectivity index (χ4n) is 0.351. The highest BCUT2D eigenvalue weighted by Crippen LogP contribution is 2.19. The Bertz CT molecular complexity index is 68.4. The van der Waals surface area contributed by atoms with Crippen molar-refractivity contribution in [2.45, 2.75) is 6.92 Å². The minimum Gasteiger partial charge on any atom is -0.331 e. The molecule has 0 aromatic heterocycles. The molecule has 0 saturated carbocycles. The fraction of sp³-hybridized carbons (Fsp3) is 1.00. The molecular formula is C4H12NO2P. The maximum atomic E-state index is 10.5. The lowest BCUT2D eigenvalue weighted by atomic mass is 10.8. The van der Waals surface area contributed by atoms with E-state index in [-0.39, 0.29) is 0 Å². The smallest absolute Gasteiger partial charge is 0.192 e. The molecule has 0 aromatic carbocycles. The summed E-state index contributed by atoms with van der Waals surface area (Å²) < 4.78 is 15.3. The van der Waals surface area contributed by atoms with Crippen molar-refractivity contribution in [2.75, 3.05) is 19.3 Å². The molecule has 1 unspecified atom stereocenters. The van der Waals surface area contributed by atoms with Gasteiger partial charge in [0.15, 0.2) is 8.03 Å². The van der Waals surface area contributed by atoms with Gasteiger partial charge in [0.2, 0.25) is 0 Å². The molecule has 0 aliphatic rings. The van der Waals surface area contributed by atoms with E-state index in [4.69, 9.17) is 10.3 Å². The quantitative estimate of drug-likeness (QED) is 0.572. The van der Waals surface area contributed by atoms with Crippen LogP contribution in [0.3, 0.4) is 0 Å². The molecule has 1 atom stereocenters. The maximum Gasteiger partial charge on any atom is 0.192 e. The first-order chi connectivity index (χ1) is 3.81. The van der Waals surface area contributed by atoms with Crippen LogP contribution in [0, 0.1) is 0 Å². The third kappa shape index (κ3) is 4.31. The Morgan fingerprint density at radius 2 is 2.38 bits per heavy atom. The van der Waals surface area contributed by atoms with Crippen LogP contribution >= 0.6 is 8.03 Å². The molecule has 8 heavy (non-hydrogen) atoms. The molecule has 0 aromatic rings. The van der Waals surface area contributed by atoms with Crippen molar-refractivity contribution in [3.8, 4) is 0 Å². The zero-order chi connectivity index (χ0) is 6.41. The molecule has 0 bridgehead atoms. The molecular weight excluding hydrogens is 125 g/mol. The maximum absolute atomic E-state index is 10.5. The van der Waals surface area contributed by atoms with Gasteiger partial charge in [-0.2, -0.15) is 0 Å². The number of hydrogen-bond donors (Lipinski definition) is 1. The van der Waals surface area contributed by atoms with Gasteiger partial charge >= 0.3 is 0 Å². The van der Waals surface area contributed by atoms with E-state index < -0.39 is 8.03 Å². The second-order valence-corrected chi connectivity index (χ2v) is 2.88. The van der Waals surface area contributed by atoms with Gasteiger partial charge in [0, 0.05) is 12.7 Å². The van der Waals surface area contributed by atoms with Crippen molar-refractivity contribution < 1.29 is 9.09 Å². The monoisotopic (exact) mass is 137 g/mol. The van der Waals surface area contributed by atoms with E-state index in [9.17, 15) is 4.57 Å². The standard InChI is InChI=1S/C4H12NO2P/c1-2-7-8(6)4-3-5/h8H,2-5H2,1H3. The van der Waals surface area contributed by atoms with Gasteiger partial charge in [0.05, 0.1) is 6.61 Å². The molecule has 0 rings (SSSR count). The minimum atomic E-state index is -1.77. The Labute approximate surface area is 50.1 Å². The van der Waals surface area contributed by atoms with Crippen molar-refractivity contribution in [3.63, 3.8) is 0 Å². The summed E-state index contributed by atoms with van der Waals surface area (Å²) >= 11 is 0. The third-order valence-corrected chi connectivity index (χ3v) is 1.96. The SMILES string of the molecule is CCO[PH](=O)CCN. The lowest BCUT2D eigenvalue weighted by molar-refractivity contribution is 0.351. The Hall–Kier alpha value is 0.150. The second kappa shape index (κ2) is 5.29. The predicted octanol–water partition coefficient (Wildman–Crippen LogP) is 0.456. The highest BCUT2D eigenvalue weighted by atomic mass is 31.1. The van der Waals surface area contributed by atoms with Gasteiger partial charge in [-0.05, 0) is 6.92 Å². The highest BCUT2D eigenvalue weighted by Gasteiger charge is 1.92. The van der Waals surface area contributed by atoms with Gasteiger partial charge in [0.1, 0.15) is 0 Å². The van der Waals surface area contributed by atoms with Gasteiger partial charge in [-0.25, -0.2) is 0 Å². The molecule has 0 heterocycles. The lowest BCUT2D eigenvalue weighted by Crippen LogP contribution is -2.01. The summed E-state index contributed by atoms with van der Waals surface area (Å²) in [7, 11) is -1.77. The van der Waals surface area contributed by atoms with E-state index in [1.165, 1.54) is 0 Å². The molecule has 0 radical (unpaired) electrons. The van der Waals surface area contributed by atoms with Crippen molar-refractivity contribution in [2.24, 2.45) is 5.73 Å². The van der Waals surface area contributed by atoms with Crippen molar-refractivity contribution in [1.82, 2.24) is 0 Å². The van der Waals surface area contributed by atoms with Gasteiger partial charge in [-0.1, -0.05) is 0 Å². The predicted molar refractivity (Wildman–Crippen MR) is 34.5 cm³/mol. The summed E-state index contributed by atoms with van der Waals surface area (Å²) in [6, 6.07) is 0. The molecule has 0 aliphatic carbocycles. The zero-order valence-corrected chi connectivity index (χ0v) is 6.02. The largest absolute Gasteiger partial charge is 0.331 e. The molecule has 50 valence electrons. The van der Waals surface area contributed by atoms with E-state index >= 15 is 0 Å². The summed E-state index contributed by atoms with van der Waals surface area (Å²) in [6.45, 7) is 2.80. The van der Waals surface area contributed by atoms with Gasteiger partial charge in [0.25, 0.3) is 0 Å². The van der Waals surface area contributed by atoms with Crippen LogP contribution in [0.25, 0.3) is 0 Å². The van der Waals surface area contributed by atoms with Gasteiger partial charge in [-0.3, -0.25) is 4.57 Å². The molecule has 4 heteroatoms. The van der Waals surface area contributed by atoms with Crippen LogP contribution in [0.15, 0.2) is 0 Å². The van der Waals surface area contributed by atoms with E-state index in [2.05, 4.69) is 0 Å². The average molecular weight is 137 g/mol. The van der Waals surface area contributed by atoms with E-state index in [1.54, 1.807) is 0 Å². The summed E-state index contributed by atoms with van der Waals surface area (Å²) in [6.07, 6.45) is 0.512. The molecule has 3 nitrogen and oxygen atoms in total. The fourth-order valence-corrected chi connectivity index (χ4v) is 1.05. The Morgan fingerprint density at radius 3 is 2.75 bits per heavy atom. The average Bonchev–Trinajstić information content (AvgIpc) is 1.68. The van der Waals surface area contributed by atoms with Crippen LogP contribution in [0.1, 0.15) is 6.92 Å². The molecule has 0 aliphatic heterocycles. The first kappa shape index (κ1) is 8.15. The lowest BCUT2D eigenvalue weighted by Gasteiger charge is -1.96. The van der Waals surface area contributed by atoms with Crippen LogP contribution in [0.2, 0.25) is 0 Å². The zero-order valence-electron chi connectivity index (χ0n) is 5.02. The molecule has 2 N–H and O–H groups in total. The third-order valence-electron chi connectivity index (χ3n) is 0.654. The topological polar surface area (TPSA) is 52.3 Å². The second-order valence-electron chi connectivity index (χ2n) is 1.34. The van der Waals surface area contributed by atoms with Gasteiger partial charge < -0.3 is 10.3 Å². The van der Waals surface area contributed by atoms with Crippen LogP contribution < -0.4 is 5.73 Å². The molecule has 0 amide bonds.